The number of hydrogen-bond donors (Lipinski definition) is 1. The lowest BCUT2D eigenvalue weighted by molar-refractivity contribution is 0.375. The summed E-state index contributed by atoms with van der Waals surface area (Å²) in [4.78, 5) is 0. The second-order valence-electron chi connectivity index (χ2n) is 4.79. The fourth-order valence-corrected chi connectivity index (χ4v) is 2.46. The molecular weight excluding hydrogens is 250 g/mol. The maximum Gasteiger partial charge on any atom is 0.169 e. The van der Waals surface area contributed by atoms with Gasteiger partial charge in [-0.15, -0.1) is 10.2 Å². The lowest BCUT2D eigenvalue weighted by atomic mass is 9.99. The van der Waals surface area contributed by atoms with Gasteiger partial charge in [0, 0.05) is 13.0 Å². The Bertz CT molecular complexity index is 609. The molecule has 1 aromatic heterocycles. The molecule has 1 atom stereocenters. The van der Waals surface area contributed by atoms with Crippen LogP contribution in [-0.2, 0) is 13.0 Å². The first-order valence-corrected chi connectivity index (χ1v) is 6.27. The summed E-state index contributed by atoms with van der Waals surface area (Å²) in [5.74, 6) is -0.235. The van der Waals surface area contributed by atoms with Gasteiger partial charge in [0.1, 0.15) is 5.82 Å². The maximum atomic E-state index is 13.8. The summed E-state index contributed by atoms with van der Waals surface area (Å²) >= 11 is 0. The number of rotatable bonds is 2. The van der Waals surface area contributed by atoms with Gasteiger partial charge in [0.05, 0.1) is 5.56 Å². The highest BCUT2D eigenvalue weighted by atomic mass is 19.2. The molecular formula is C13H14F2N4. The minimum Gasteiger partial charge on any atom is -0.330 e. The quantitative estimate of drug-likeness (QED) is 0.899. The van der Waals surface area contributed by atoms with Crippen molar-refractivity contribution in [3.05, 3.63) is 35.7 Å². The molecule has 0 radical (unpaired) electrons. The minimum atomic E-state index is -0.882. The van der Waals surface area contributed by atoms with Crippen molar-refractivity contribution in [2.24, 2.45) is 11.7 Å². The van der Waals surface area contributed by atoms with Crippen LogP contribution in [0.25, 0.3) is 11.4 Å². The van der Waals surface area contributed by atoms with E-state index in [4.69, 9.17) is 5.73 Å². The second kappa shape index (κ2) is 4.70. The average molecular weight is 264 g/mol. The van der Waals surface area contributed by atoms with E-state index in [1.54, 1.807) is 0 Å². The van der Waals surface area contributed by atoms with Crippen LogP contribution in [-0.4, -0.2) is 21.3 Å². The first kappa shape index (κ1) is 12.2. The lowest BCUT2D eigenvalue weighted by Gasteiger charge is -2.23. The van der Waals surface area contributed by atoms with Crippen molar-refractivity contribution in [2.75, 3.05) is 6.54 Å². The SMILES string of the molecule is NCC1CCc2nnc(-c3cccc(F)c3F)n2C1. The molecule has 0 amide bonds. The number of nitrogens with two attached hydrogens (primary N) is 1. The monoisotopic (exact) mass is 264 g/mol. The Balaban J connectivity index is 2.07. The molecule has 1 aliphatic heterocycles. The molecule has 6 heteroatoms. The van der Waals surface area contributed by atoms with Crippen molar-refractivity contribution in [3.8, 4) is 11.4 Å². The normalized spacial score (nSPS) is 18.4. The van der Waals surface area contributed by atoms with E-state index in [9.17, 15) is 8.78 Å². The van der Waals surface area contributed by atoms with Gasteiger partial charge in [0.15, 0.2) is 17.5 Å². The third kappa shape index (κ3) is 2.02. The molecule has 1 aliphatic rings. The van der Waals surface area contributed by atoms with Gasteiger partial charge in [-0.25, -0.2) is 8.78 Å². The van der Waals surface area contributed by atoms with Crippen LogP contribution < -0.4 is 5.73 Å². The third-order valence-electron chi connectivity index (χ3n) is 3.57. The fourth-order valence-electron chi connectivity index (χ4n) is 2.46. The van der Waals surface area contributed by atoms with E-state index in [0.717, 1.165) is 24.7 Å². The molecule has 19 heavy (non-hydrogen) atoms. The molecule has 0 fully saturated rings. The van der Waals surface area contributed by atoms with E-state index in [1.807, 2.05) is 4.57 Å². The number of halogens is 2. The Kier molecular flexibility index (Phi) is 3.02. The largest absolute Gasteiger partial charge is 0.330 e. The molecule has 4 nitrogen and oxygen atoms in total. The minimum absolute atomic E-state index is 0.149. The van der Waals surface area contributed by atoms with Crippen LogP contribution in [0.15, 0.2) is 18.2 Å². The van der Waals surface area contributed by atoms with Crippen LogP contribution in [0.4, 0.5) is 8.78 Å². The van der Waals surface area contributed by atoms with Gasteiger partial charge in [-0.3, -0.25) is 0 Å². The molecule has 2 N–H and O–H groups in total. The van der Waals surface area contributed by atoms with Gasteiger partial charge in [0.25, 0.3) is 0 Å². The summed E-state index contributed by atoms with van der Waals surface area (Å²) in [5.41, 5.74) is 5.83. The molecule has 0 saturated carbocycles. The van der Waals surface area contributed by atoms with Gasteiger partial charge in [-0.1, -0.05) is 6.07 Å². The second-order valence-corrected chi connectivity index (χ2v) is 4.79. The number of fused-ring (bicyclic) bond motifs is 1. The van der Waals surface area contributed by atoms with E-state index < -0.39 is 11.6 Å². The van der Waals surface area contributed by atoms with E-state index in [2.05, 4.69) is 10.2 Å². The van der Waals surface area contributed by atoms with Gasteiger partial charge >= 0.3 is 0 Å². The van der Waals surface area contributed by atoms with Crippen molar-refractivity contribution in [1.29, 1.82) is 0 Å². The summed E-state index contributed by atoms with van der Waals surface area (Å²) in [6, 6.07) is 4.08. The van der Waals surface area contributed by atoms with Gasteiger partial charge < -0.3 is 10.3 Å². The summed E-state index contributed by atoms with van der Waals surface area (Å²) in [6.45, 7) is 1.23. The Morgan fingerprint density at radius 1 is 1.32 bits per heavy atom. The first-order chi connectivity index (χ1) is 9.20. The van der Waals surface area contributed by atoms with Crippen molar-refractivity contribution < 1.29 is 8.78 Å². The predicted molar refractivity (Wildman–Crippen MR) is 66.2 cm³/mol. The lowest BCUT2D eigenvalue weighted by Crippen LogP contribution is -2.26. The number of benzene rings is 1. The van der Waals surface area contributed by atoms with Crippen LogP contribution in [0, 0.1) is 17.6 Å². The molecule has 0 saturated heterocycles. The molecule has 1 unspecified atom stereocenters. The van der Waals surface area contributed by atoms with Gasteiger partial charge in [0.2, 0.25) is 0 Å². The topological polar surface area (TPSA) is 56.7 Å². The third-order valence-corrected chi connectivity index (χ3v) is 3.57. The summed E-state index contributed by atoms with van der Waals surface area (Å²) in [7, 11) is 0. The molecule has 1 aromatic carbocycles. The zero-order valence-corrected chi connectivity index (χ0v) is 10.3. The van der Waals surface area contributed by atoms with Gasteiger partial charge in [-0.05, 0) is 31.0 Å². The highest BCUT2D eigenvalue weighted by Crippen LogP contribution is 2.27. The van der Waals surface area contributed by atoms with E-state index in [0.29, 0.717) is 24.8 Å². The van der Waals surface area contributed by atoms with Crippen molar-refractivity contribution >= 4 is 0 Å². The molecule has 2 heterocycles. The van der Waals surface area contributed by atoms with Crippen molar-refractivity contribution in [1.82, 2.24) is 14.8 Å². The van der Waals surface area contributed by atoms with E-state index >= 15 is 0 Å². The van der Waals surface area contributed by atoms with Gasteiger partial charge in [-0.2, -0.15) is 0 Å². The van der Waals surface area contributed by atoms with Crippen molar-refractivity contribution in [2.45, 2.75) is 19.4 Å². The number of aryl methyl sites for hydroxylation is 1. The average Bonchev–Trinajstić information content (AvgIpc) is 2.84. The number of hydrogen-bond acceptors (Lipinski definition) is 3. The fraction of sp³-hybridized carbons (Fsp3) is 0.385. The molecule has 2 aromatic rings. The highest BCUT2D eigenvalue weighted by Gasteiger charge is 2.24. The molecule has 0 spiro atoms. The maximum absolute atomic E-state index is 13.8. The van der Waals surface area contributed by atoms with E-state index in [1.165, 1.54) is 12.1 Å². The smallest absolute Gasteiger partial charge is 0.169 e. The Labute approximate surface area is 109 Å². The van der Waals surface area contributed by atoms with E-state index in [-0.39, 0.29) is 5.56 Å². The Hall–Kier alpha value is -1.82. The van der Waals surface area contributed by atoms with Crippen LogP contribution in [0.5, 0.6) is 0 Å². The zero-order valence-electron chi connectivity index (χ0n) is 10.3. The van der Waals surface area contributed by atoms with Crippen LogP contribution in [0.2, 0.25) is 0 Å². The van der Waals surface area contributed by atoms with Crippen LogP contribution in [0.1, 0.15) is 12.2 Å². The summed E-state index contributed by atoms with van der Waals surface area (Å²) in [5, 5.41) is 8.06. The number of aromatic nitrogens is 3. The van der Waals surface area contributed by atoms with Crippen LogP contribution >= 0.6 is 0 Å². The Morgan fingerprint density at radius 2 is 2.16 bits per heavy atom. The Morgan fingerprint density at radius 3 is 2.95 bits per heavy atom. The van der Waals surface area contributed by atoms with Crippen LogP contribution in [0.3, 0.4) is 0 Å². The van der Waals surface area contributed by atoms with Crippen molar-refractivity contribution in [3.63, 3.8) is 0 Å². The highest BCUT2D eigenvalue weighted by molar-refractivity contribution is 5.56. The molecule has 0 bridgehead atoms. The summed E-state index contributed by atoms with van der Waals surface area (Å²) < 4.78 is 29.0. The molecule has 0 aliphatic carbocycles. The predicted octanol–water partition coefficient (Wildman–Crippen LogP) is 1.74. The standard InChI is InChI=1S/C13H14F2N4/c14-10-3-1-2-9(12(10)15)13-18-17-11-5-4-8(6-16)7-19(11)13/h1-3,8H,4-7,16H2. The zero-order chi connectivity index (χ0) is 13.4. The summed E-state index contributed by atoms with van der Waals surface area (Å²) in [6.07, 6.45) is 1.73. The molecule has 100 valence electrons. The number of nitrogens with zero attached hydrogens (tertiary/aromatic N) is 3. The first-order valence-electron chi connectivity index (χ1n) is 6.27. The molecule has 3 rings (SSSR count).